The van der Waals surface area contributed by atoms with Gasteiger partial charge < -0.3 is 10.2 Å². The minimum Gasteiger partial charge on any atom is -0.326 e. The maximum absolute atomic E-state index is 12.4. The summed E-state index contributed by atoms with van der Waals surface area (Å²) < 4.78 is 1.13. The molecule has 23 heavy (non-hydrogen) atoms. The molecule has 1 saturated heterocycles. The molecule has 2 aromatic rings. The lowest BCUT2D eigenvalue weighted by Gasteiger charge is -2.21. The van der Waals surface area contributed by atoms with Crippen LogP contribution < -0.4 is 16.2 Å². The first kappa shape index (κ1) is 14.9. The van der Waals surface area contributed by atoms with Crippen LogP contribution in [0, 0.1) is 5.92 Å². The minimum absolute atomic E-state index is 0.0868. The van der Waals surface area contributed by atoms with Crippen molar-refractivity contribution in [2.45, 2.75) is 31.3 Å². The van der Waals surface area contributed by atoms with E-state index in [2.05, 4.69) is 21.2 Å². The predicted octanol–water partition coefficient (Wildman–Crippen LogP) is 2.41. The van der Waals surface area contributed by atoms with E-state index < -0.39 is 0 Å². The molecule has 3 N–H and O–H groups in total. The van der Waals surface area contributed by atoms with Gasteiger partial charge in [-0.3, -0.25) is 10.9 Å². The molecule has 2 amide bonds. The van der Waals surface area contributed by atoms with E-state index in [9.17, 15) is 4.79 Å². The van der Waals surface area contributed by atoms with Crippen LogP contribution in [-0.4, -0.2) is 41.6 Å². The minimum atomic E-state index is -0.0868. The Morgan fingerprint density at radius 1 is 1.43 bits per heavy atom. The molecule has 2 atom stereocenters. The first-order valence-electron chi connectivity index (χ1n) is 8.05. The molecule has 1 aliphatic carbocycles. The van der Waals surface area contributed by atoms with Gasteiger partial charge in [-0.15, -0.1) is 11.3 Å². The fourth-order valence-corrected chi connectivity index (χ4v) is 3.81. The Bertz CT molecular complexity index is 713. The largest absolute Gasteiger partial charge is 0.326 e. The van der Waals surface area contributed by atoms with Gasteiger partial charge in [-0.2, -0.15) is 0 Å². The number of benzene rings is 1. The number of carbonyl (C=O) groups is 1. The van der Waals surface area contributed by atoms with Crippen molar-refractivity contribution in [3.8, 4) is 0 Å². The van der Waals surface area contributed by atoms with E-state index >= 15 is 0 Å². The molecule has 122 valence electrons. The number of amides is 2. The molecule has 0 spiro atoms. The van der Waals surface area contributed by atoms with E-state index in [1.807, 2.05) is 30.8 Å². The van der Waals surface area contributed by atoms with Crippen LogP contribution >= 0.6 is 11.3 Å². The number of thiazole rings is 1. The third-order valence-corrected chi connectivity index (χ3v) is 5.43. The van der Waals surface area contributed by atoms with Crippen molar-refractivity contribution in [2.24, 2.45) is 5.92 Å². The number of urea groups is 1. The number of fused-ring (bicyclic) bond motifs is 1. The van der Waals surface area contributed by atoms with E-state index in [4.69, 9.17) is 0 Å². The molecular formula is C16H21N5OS. The second kappa shape index (κ2) is 6.07. The van der Waals surface area contributed by atoms with Crippen LogP contribution in [0.15, 0.2) is 23.7 Å². The summed E-state index contributed by atoms with van der Waals surface area (Å²) in [5, 5.41) is 2.95. The van der Waals surface area contributed by atoms with Gasteiger partial charge in [0.25, 0.3) is 0 Å². The topological polar surface area (TPSA) is 69.3 Å². The summed E-state index contributed by atoms with van der Waals surface area (Å²) in [6, 6.07) is 6.63. The quantitative estimate of drug-likeness (QED) is 0.805. The number of nitrogens with zero attached hydrogens (tertiary/aromatic N) is 2. The van der Waals surface area contributed by atoms with Gasteiger partial charge in [0.1, 0.15) is 0 Å². The van der Waals surface area contributed by atoms with Crippen molar-refractivity contribution < 1.29 is 4.79 Å². The zero-order chi connectivity index (χ0) is 15.8. The molecule has 0 radical (unpaired) electrons. The molecule has 4 rings (SSSR count). The highest BCUT2D eigenvalue weighted by atomic mass is 32.1. The molecule has 1 saturated carbocycles. The monoisotopic (exact) mass is 331 g/mol. The van der Waals surface area contributed by atoms with Crippen molar-refractivity contribution in [3.63, 3.8) is 0 Å². The number of hydrogen-bond donors (Lipinski definition) is 3. The van der Waals surface area contributed by atoms with E-state index in [1.165, 1.54) is 12.8 Å². The van der Waals surface area contributed by atoms with Gasteiger partial charge in [0.15, 0.2) is 0 Å². The van der Waals surface area contributed by atoms with Gasteiger partial charge in [-0.1, -0.05) is 0 Å². The number of hydrogen-bond acceptors (Lipinski definition) is 5. The maximum Gasteiger partial charge on any atom is 0.321 e. The molecular weight excluding hydrogens is 310 g/mol. The summed E-state index contributed by atoms with van der Waals surface area (Å²) in [5.74, 6) is 0.830. The van der Waals surface area contributed by atoms with Crippen molar-refractivity contribution in [3.05, 3.63) is 23.7 Å². The average Bonchev–Trinajstić information content (AvgIpc) is 3.11. The van der Waals surface area contributed by atoms with Crippen LogP contribution in [0.3, 0.4) is 0 Å². The Labute approximate surface area is 139 Å². The number of likely N-dealkylation sites (N-methyl/N-ethyl adjacent to an activating group) is 1. The van der Waals surface area contributed by atoms with Gasteiger partial charge in [0, 0.05) is 31.4 Å². The Kier molecular flexibility index (Phi) is 3.92. The molecule has 2 aliphatic rings. The first-order chi connectivity index (χ1) is 11.2. The Balaban J connectivity index is 1.32. The summed E-state index contributed by atoms with van der Waals surface area (Å²) in [5.41, 5.74) is 10.2. The fourth-order valence-electron chi connectivity index (χ4n) is 3.15. The van der Waals surface area contributed by atoms with Gasteiger partial charge >= 0.3 is 6.03 Å². The highest BCUT2D eigenvalue weighted by molar-refractivity contribution is 7.16. The third kappa shape index (κ3) is 3.31. The molecule has 2 fully saturated rings. The highest BCUT2D eigenvalue weighted by Crippen LogP contribution is 2.35. The van der Waals surface area contributed by atoms with E-state index in [0.29, 0.717) is 18.6 Å². The number of carbonyl (C=O) groups excluding carboxylic acids is 1. The van der Waals surface area contributed by atoms with Gasteiger partial charge in [-0.25, -0.2) is 9.78 Å². The fraction of sp³-hybridized carbons (Fsp3) is 0.500. The highest BCUT2D eigenvalue weighted by Gasteiger charge is 2.36. The van der Waals surface area contributed by atoms with E-state index in [1.54, 1.807) is 16.2 Å². The lowest BCUT2D eigenvalue weighted by Crippen LogP contribution is -2.43. The summed E-state index contributed by atoms with van der Waals surface area (Å²) in [6.07, 6.45) is 3.76. The molecule has 7 heteroatoms. The van der Waals surface area contributed by atoms with Crippen LogP contribution in [0.25, 0.3) is 10.2 Å². The normalized spacial score (nSPS) is 24.0. The Morgan fingerprint density at radius 3 is 3.13 bits per heavy atom. The molecule has 6 nitrogen and oxygen atoms in total. The summed E-state index contributed by atoms with van der Waals surface area (Å²) in [7, 11) is 1.84. The summed E-state index contributed by atoms with van der Waals surface area (Å²) in [4.78, 5) is 18.4. The zero-order valence-corrected chi connectivity index (χ0v) is 13.9. The Hall–Kier alpha value is -1.70. The van der Waals surface area contributed by atoms with E-state index in [0.717, 1.165) is 28.2 Å². The van der Waals surface area contributed by atoms with Gasteiger partial charge in [0.2, 0.25) is 0 Å². The summed E-state index contributed by atoms with van der Waals surface area (Å²) >= 11 is 1.60. The second-order valence-electron chi connectivity index (χ2n) is 6.51. The zero-order valence-electron chi connectivity index (χ0n) is 13.1. The van der Waals surface area contributed by atoms with Crippen LogP contribution in [0.5, 0.6) is 0 Å². The number of nitrogens with one attached hydrogen (secondary N) is 3. The molecule has 1 aromatic carbocycles. The van der Waals surface area contributed by atoms with Crippen molar-refractivity contribution in [1.29, 1.82) is 0 Å². The van der Waals surface area contributed by atoms with Crippen molar-refractivity contribution in [2.75, 3.05) is 18.9 Å². The maximum atomic E-state index is 12.4. The molecule has 0 bridgehead atoms. The van der Waals surface area contributed by atoms with Crippen molar-refractivity contribution >= 4 is 33.3 Å². The van der Waals surface area contributed by atoms with Gasteiger partial charge in [0.05, 0.1) is 15.7 Å². The van der Waals surface area contributed by atoms with Crippen LogP contribution in [0.1, 0.15) is 19.3 Å². The standard InChI is InChI=1S/C16H21N5OS/c1-21(8-12-7-13(20-19-12)10-2-3-10)16(22)18-11-4-5-15-14(6-11)17-9-23-15/h4-6,9-10,12-13,19-20H,2-3,7-8H2,1H3,(H,18,22). The Morgan fingerprint density at radius 2 is 2.30 bits per heavy atom. The lowest BCUT2D eigenvalue weighted by molar-refractivity contribution is 0.217. The average molecular weight is 331 g/mol. The molecule has 1 aromatic heterocycles. The third-order valence-electron chi connectivity index (χ3n) is 4.62. The van der Waals surface area contributed by atoms with Gasteiger partial charge in [-0.05, 0) is 43.4 Å². The molecule has 1 aliphatic heterocycles. The van der Waals surface area contributed by atoms with E-state index in [-0.39, 0.29) is 6.03 Å². The first-order valence-corrected chi connectivity index (χ1v) is 8.93. The summed E-state index contributed by atoms with van der Waals surface area (Å²) in [6.45, 7) is 0.695. The number of anilines is 1. The molecule has 2 unspecified atom stereocenters. The SMILES string of the molecule is CN(CC1CC(C2CC2)NN1)C(=O)Nc1ccc2scnc2c1. The second-order valence-corrected chi connectivity index (χ2v) is 7.40. The van der Waals surface area contributed by atoms with Crippen LogP contribution in [0.4, 0.5) is 10.5 Å². The van der Waals surface area contributed by atoms with Crippen LogP contribution in [0.2, 0.25) is 0 Å². The predicted molar refractivity (Wildman–Crippen MR) is 92.5 cm³/mol. The smallest absolute Gasteiger partial charge is 0.321 e. The number of rotatable bonds is 4. The van der Waals surface area contributed by atoms with Crippen LogP contribution in [-0.2, 0) is 0 Å². The lowest BCUT2D eigenvalue weighted by atomic mass is 10.1. The number of aromatic nitrogens is 1. The van der Waals surface area contributed by atoms with Crippen molar-refractivity contribution in [1.82, 2.24) is 20.7 Å². The molecule has 2 heterocycles. The number of hydrazine groups is 1.